The first-order valence-electron chi connectivity index (χ1n) is 11.9. The number of aliphatic carboxylic acids is 1. The number of thioether (sulfide) groups is 1. The number of carboxylic acid groups (broad SMARTS) is 1. The highest BCUT2D eigenvalue weighted by Crippen LogP contribution is 2.41. The van der Waals surface area contributed by atoms with Crippen LogP contribution in [0, 0.1) is 6.92 Å². The van der Waals surface area contributed by atoms with Gasteiger partial charge < -0.3 is 21.4 Å². The van der Waals surface area contributed by atoms with Gasteiger partial charge in [0, 0.05) is 23.3 Å². The van der Waals surface area contributed by atoms with Gasteiger partial charge in [-0.3, -0.25) is 19.3 Å². The Morgan fingerprint density at radius 3 is 2.56 bits per heavy atom. The van der Waals surface area contributed by atoms with E-state index in [9.17, 15) is 37.9 Å². The number of fused-ring (bicyclic) bond motifs is 1. The Balaban J connectivity index is 1.36. The number of β-lactam (4-membered cyclic amide) rings is 1. The van der Waals surface area contributed by atoms with Gasteiger partial charge in [0.15, 0.2) is 10.8 Å². The van der Waals surface area contributed by atoms with Crippen molar-refractivity contribution < 1.29 is 37.9 Å². The number of allylic oxidation sites excluding steroid dienone is 1. The van der Waals surface area contributed by atoms with Crippen molar-refractivity contribution in [1.29, 1.82) is 0 Å². The maximum Gasteiger partial charge on any atom is 0.352 e. The number of aryl methyl sites for hydroxylation is 1. The molecule has 1 aromatic heterocycles. The van der Waals surface area contributed by atoms with Gasteiger partial charge in [-0.15, -0.1) is 23.1 Å². The number of nitrogens with zero attached hydrogens (tertiary/aromatic N) is 4. The van der Waals surface area contributed by atoms with Gasteiger partial charge >= 0.3 is 5.97 Å². The van der Waals surface area contributed by atoms with Gasteiger partial charge in [0.05, 0.1) is 4.90 Å². The van der Waals surface area contributed by atoms with Crippen LogP contribution in [0.5, 0.6) is 0 Å². The summed E-state index contributed by atoms with van der Waals surface area (Å²) in [6, 6.07) is 4.95. The molecule has 3 aliphatic rings. The lowest BCUT2D eigenvalue weighted by atomic mass is 10.0. The predicted octanol–water partition coefficient (Wildman–Crippen LogP) is 0.498. The van der Waals surface area contributed by atoms with Crippen LogP contribution >= 0.6 is 23.1 Å². The Labute approximate surface area is 241 Å². The van der Waals surface area contributed by atoms with Gasteiger partial charge in [-0.05, 0) is 37.1 Å². The Morgan fingerprint density at radius 1 is 1.24 bits per heavy atom. The van der Waals surface area contributed by atoms with Crippen LogP contribution < -0.4 is 11.1 Å². The van der Waals surface area contributed by atoms with E-state index in [1.165, 1.54) is 23.6 Å². The smallest absolute Gasteiger partial charge is 0.352 e. The molecule has 214 valence electrons. The molecule has 2 aromatic rings. The molecular weight excluding hydrogens is 596 g/mol. The number of rotatable bonds is 7. The maximum atomic E-state index is 13.1. The molecule has 2 atom stereocenters. The molecule has 5 N–H and O–H groups in total. The highest BCUT2D eigenvalue weighted by Gasteiger charge is 2.54. The number of oxime groups is 1. The third-order valence-electron chi connectivity index (χ3n) is 6.61. The standard InChI is InChI=1S/C24H22N6O8S3/c1-11-2-4-14(5-3-11)41(37,38)29-7-6-12(20(29)32)8-13-9-39-22-17(21(33)30(22)18(13)23(34)35)27-19(31)16(28-36)15-10-40-24(25)26-15/h2-5,8,10,17,22,36H,6-7,9H2,1H3,(H2,25,26)(H,27,31)(H,34,35)/t17-,22-/m1/s1. The quantitative estimate of drug-likeness (QED) is 0.110. The van der Waals surface area contributed by atoms with E-state index in [-0.39, 0.29) is 51.3 Å². The lowest BCUT2D eigenvalue weighted by Crippen LogP contribution is -2.71. The predicted molar refractivity (Wildman–Crippen MR) is 147 cm³/mol. The second-order valence-electron chi connectivity index (χ2n) is 9.17. The van der Waals surface area contributed by atoms with Crippen molar-refractivity contribution in [3.05, 3.63) is 63.8 Å². The number of anilines is 1. The monoisotopic (exact) mass is 618 g/mol. The molecule has 1 aromatic carbocycles. The molecule has 0 spiro atoms. The Bertz CT molecular complexity index is 1680. The second kappa shape index (κ2) is 10.6. The van der Waals surface area contributed by atoms with Crippen molar-refractivity contribution >= 4 is 67.7 Å². The van der Waals surface area contributed by atoms with Gasteiger partial charge in [-0.25, -0.2) is 22.5 Å². The van der Waals surface area contributed by atoms with Crippen LogP contribution in [0.25, 0.3) is 0 Å². The Hall–Kier alpha value is -4.22. The highest BCUT2D eigenvalue weighted by atomic mass is 32.2. The number of sulfonamides is 1. The van der Waals surface area contributed by atoms with E-state index in [0.717, 1.165) is 37.9 Å². The zero-order chi connectivity index (χ0) is 29.6. The molecule has 2 saturated heterocycles. The van der Waals surface area contributed by atoms with E-state index in [1.54, 1.807) is 19.1 Å². The SMILES string of the molecule is Cc1ccc(S(=O)(=O)N2CCC(=CC3=C(C(=O)O)N4C(=O)[C@@H](NC(=O)C(=NO)c5csc(N)n5)[C@H]4SC3)C2=O)cc1. The van der Waals surface area contributed by atoms with Gasteiger partial charge in [0.25, 0.3) is 27.7 Å². The van der Waals surface area contributed by atoms with E-state index < -0.39 is 50.8 Å². The molecular formula is C24H22N6O8S3. The molecule has 0 saturated carbocycles. The van der Waals surface area contributed by atoms with Gasteiger partial charge in [-0.1, -0.05) is 22.9 Å². The number of hydrogen-bond donors (Lipinski definition) is 4. The minimum Gasteiger partial charge on any atom is -0.477 e. The molecule has 0 radical (unpaired) electrons. The summed E-state index contributed by atoms with van der Waals surface area (Å²) in [7, 11) is -4.11. The average Bonchev–Trinajstić information content (AvgIpc) is 3.52. The first-order valence-corrected chi connectivity index (χ1v) is 15.3. The highest BCUT2D eigenvalue weighted by molar-refractivity contribution is 8.00. The van der Waals surface area contributed by atoms with Crippen LogP contribution in [0.15, 0.2) is 62.6 Å². The van der Waals surface area contributed by atoms with Crippen LogP contribution in [-0.2, 0) is 29.2 Å². The maximum absolute atomic E-state index is 13.1. The Kier molecular flexibility index (Phi) is 7.35. The molecule has 3 aliphatic heterocycles. The molecule has 17 heteroatoms. The molecule has 3 amide bonds. The van der Waals surface area contributed by atoms with Crippen LogP contribution in [0.3, 0.4) is 0 Å². The Morgan fingerprint density at radius 2 is 1.95 bits per heavy atom. The van der Waals surface area contributed by atoms with E-state index in [1.807, 2.05) is 0 Å². The zero-order valence-corrected chi connectivity index (χ0v) is 23.6. The first kappa shape index (κ1) is 28.3. The first-order chi connectivity index (χ1) is 19.4. The van der Waals surface area contributed by atoms with Gasteiger partial charge in [0.1, 0.15) is 22.8 Å². The third kappa shape index (κ3) is 4.95. The summed E-state index contributed by atoms with van der Waals surface area (Å²) in [6.07, 6.45) is 1.38. The van der Waals surface area contributed by atoms with E-state index in [0.29, 0.717) is 0 Å². The number of thiazole rings is 1. The number of hydrogen-bond acceptors (Lipinski definition) is 12. The summed E-state index contributed by atoms with van der Waals surface area (Å²) >= 11 is 2.17. The molecule has 4 heterocycles. The van der Waals surface area contributed by atoms with Gasteiger partial charge in [0.2, 0.25) is 0 Å². The molecule has 2 fully saturated rings. The van der Waals surface area contributed by atoms with Crippen molar-refractivity contribution in [1.82, 2.24) is 19.5 Å². The third-order valence-corrected chi connectivity index (χ3v) is 10.4. The number of nitrogens with one attached hydrogen (secondary N) is 1. The summed E-state index contributed by atoms with van der Waals surface area (Å²) < 4.78 is 26.8. The van der Waals surface area contributed by atoms with Crippen molar-refractivity contribution in [2.75, 3.05) is 18.0 Å². The summed E-state index contributed by atoms with van der Waals surface area (Å²) in [5.74, 6) is -3.76. The fraction of sp³-hybridized carbons (Fsp3) is 0.250. The minimum atomic E-state index is -4.11. The van der Waals surface area contributed by atoms with E-state index >= 15 is 0 Å². The number of nitrogens with two attached hydrogens (primary N) is 1. The fourth-order valence-corrected chi connectivity index (χ4v) is 7.83. The van der Waals surface area contributed by atoms with Crippen molar-refractivity contribution in [2.45, 2.75) is 29.7 Å². The van der Waals surface area contributed by atoms with Gasteiger partial charge in [-0.2, -0.15) is 0 Å². The van der Waals surface area contributed by atoms with Crippen LogP contribution in [0.2, 0.25) is 0 Å². The fourth-order valence-electron chi connectivity index (χ4n) is 4.57. The number of carbonyl (C=O) groups excluding carboxylic acids is 3. The zero-order valence-electron chi connectivity index (χ0n) is 21.2. The topological polar surface area (TPSA) is 213 Å². The summed E-state index contributed by atoms with van der Waals surface area (Å²) in [5, 5.41) is 25.4. The van der Waals surface area contributed by atoms with E-state index in [4.69, 9.17) is 5.73 Å². The van der Waals surface area contributed by atoms with Crippen LogP contribution in [0.1, 0.15) is 17.7 Å². The molecule has 14 nitrogen and oxygen atoms in total. The normalized spacial score (nSPS) is 22.2. The van der Waals surface area contributed by atoms with E-state index in [2.05, 4.69) is 15.5 Å². The molecule has 0 bridgehead atoms. The van der Waals surface area contributed by atoms with Crippen molar-refractivity contribution in [2.24, 2.45) is 5.16 Å². The van der Waals surface area contributed by atoms with Crippen LogP contribution in [-0.4, -0.2) is 86.0 Å². The number of carbonyl (C=O) groups is 4. The average molecular weight is 619 g/mol. The lowest BCUT2D eigenvalue weighted by Gasteiger charge is -2.49. The number of aromatic nitrogens is 1. The number of carboxylic acids is 1. The summed E-state index contributed by atoms with van der Waals surface area (Å²) in [4.78, 5) is 55.8. The minimum absolute atomic E-state index is 0.00660. The number of amides is 3. The lowest BCUT2D eigenvalue weighted by molar-refractivity contribution is -0.150. The second-order valence-corrected chi connectivity index (χ2v) is 13.0. The van der Waals surface area contributed by atoms with Crippen molar-refractivity contribution in [3.8, 4) is 0 Å². The summed E-state index contributed by atoms with van der Waals surface area (Å²) in [5.41, 5.74) is 5.84. The molecule has 0 unspecified atom stereocenters. The molecule has 41 heavy (non-hydrogen) atoms. The van der Waals surface area contributed by atoms with Crippen LogP contribution in [0.4, 0.5) is 5.13 Å². The molecule has 0 aliphatic carbocycles. The van der Waals surface area contributed by atoms with Crippen molar-refractivity contribution in [3.63, 3.8) is 0 Å². The number of benzene rings is 1. The molecule has 5 rings (SSSR count). The largest absolute Gasteiger partial charge is 0.477 e. The summed E-state index contributed by atoms with van der Waals surface area (Å²) in [6.45, 7) is 1.69. The number of nitrogen functional groups attached to an aromatic ring is 1.